The zero-order chi connectivity index (χ0) is 24.7. The predicted molar refractivity (Wildman–Crippen MR) is 120 cm³/mol. The number of methoxy groups -OCH3 is 1. The molecule has 2 aromatic rings. The number of rotatable bonds is 10. The Kier molecular flexibility index (Phi) is 7.86. The van der Waals surface area contributed by atoms with Crippen LogP contribution in [0.4, 0.5) is 4.79 Å². The molecule has 0 saturated carbocycles. The van der Waals surface area contributed by atoms with Gasteiger partial charge < -0.3 is 18.6 Å². The summed E-state index contributed by atoms with van der Waals surface area (Å²) in [7, 11) is 1.25. The van der Waals surface area contributed by atoms with Gasteiger partial charge in [-0.05, 0) is 49.2 Å². The Morgan fingerprint density at radius 1 is 1.24 bits per heavy atom. The number of nitrogens with zero attached hydrogens (tertiary/aromatic N) is 1. The van der Waals surface area contributed by atoms with Crippen molar-refractivity contribution in [2.24, 2.45) is 0 Å². The number of urea groups is 1. The van der Waals surface area contributed by atoms with Gasteiger partial charge in [0.1, 0.15) is 11.3 Å². The van der Waals surface area contributed by atoms with Gasteiger partial charge >= 0.3 is 12.0 Å². The number of furan rings is 1. The average Bonchev–Trinajstić information content (AvgIpc) is 3.32. The largest absolute Gasteiger partial charge is 0.490 e. The van der Waals surface area contributed by atoms with E-state index in [2.05, 4.69) is 16.6 Å². The second kappa shape index (κ2) is 11.0. The molecule has 0 unspecified atom stereocenters. The Labute approximate surface area is 195 Å². The molecule has 0 radical (unpaired) electrons. The van der Waals surface area contributed by atoms with Crippen molar-refractivity contribution in [3.8, 4) is 11.5 Å². The molecule has 1 aromatic carbocycles. The van der Waals surface area contributed by atoms with E-state index in [1.54, 1.807) is 37.3 Å². The average molecular weight is 468 g/mol. The number of hydrogen-bond donors (Lipinski definition) is 1. The fourth-order valence-corrected chi connectivity index (χ4v) is 3.25. The topological polar surface area (TPSA) is 124 Å². The van der Waals surface area contributed by atoms with Crippen molar-refractivity contribution in [1.29, 1.82) is 0 Å². The van der Waals surface area contributed by atoms with Crippen LogP contribution in [0.1, 0.15) is 23.8 Å². The van der Waals surface area contributed by atoms with Crippen LogP contribution >= 0.6 is 0 Å². The summed E-state index contributed by atoms with van der Waals surface area (Å²) in [5.41, 5.74) is 0.835. The second-order valence-corrected chi connectivity index (χ2v) is 7.09. The van der Waals surface area contributed by atoms with E-state index in [0.717, 1.165) is 4.90 Å². The van der Waals surface area contributed by atoms with Crippen molar-refractivity contribution in [3.63, 3.8) is 0 Å². The second-order valence-electron chi connectivity index (χ2n) is 7.09. The normalized spacial score (nSPS) is 14.7. The van der Waals surface area contributed by atoms with Crippen LogP contribution < -0.4 is 14.8 Å². The number of barbiturate groups is 1. The summed E-state index contributed by atoms with van der Waals surface area (Å²) < 4.78 is 21.1. The first-order valence-corrected chi connectivity index (χ1v) is 10.4. The molecule has 2 heterocycles. The number of ether oxygens (including phenoxy) is 3. The van der Waals surface area contributed by atoms with E-state index in [1.807, 2.05) is 0 Å². The van der Waals surface area contributed by atoms with Gasteiger partial charge in [0.25, 0.3) is 11.8 Å². The number of benzene rings is 1. The van der Waals surface area contributed by atoms with Gasteiger partial charge in [-0.1, -0.05) is 6.08 Å². The van der Waals surface area contributed by atoms with Gasteiger partial charge in [0.2, 0.25) is 0 Å². The highest BCUT2D eigenvalue weighted by Gasteiger charge is 2.36. The molecular weight excluding hydrogens is 444 g/mol. The van der Waals surface area contributed by atoms with Crippen LogP contribution in [0, 0.1) is 0 Å². The number of carbonyl (C=O) groups excluding carboxylic acids is 4. The number of carbonyl (C=O) groups is 4. The summed E-state index contributed by atoms with van der Waals surface area (Å²) in [6, 6.07) is 5.66. The van der Waals surface area contributed by atoms with Crippen LogP contribution in [0.2, 0.25) is 0 Å². The standard InChI is InChI=1S/C24H24N2O8/c1-4-7-16-10-15(12-19(32-5-2)21(16)34-14-20(27)31-3)11-18-22(28)25-24(30)26(23(18)29)13-17-8-6-9-33-17/h4,6,8-12H,1,5,7,13-14H2,2-3H3,(H,25,28,30)/b18-11+. The predicted octanol–water partition coefficient (Wildman–Crippen LogP) is 2.62. The van der Waals surface area contributed by atoms with Crippen LogP contribution in [0.3, 0.4) is 0 Å². The molecule has 10 heteroatoms. The number of amides is 4. The first kappa shape index (κ1) is 24.3. The molecule has 1 aliphatic heterocycles. The first-order chi connectivity index (χ1) is 16.4. The molecule has 0 spiro atoms. The number of nitrogens with one attached hydrogen (secondary N) is 1. The molecule has 0 bridgehead atoms. The van der Waals surface area contributed by atoms with Gasteiger partial charge in [0, 0.05) is 5.56 Å². The molecule has 1 aromatic heterocycles. The minimum atomic E-state index is -0.836. The third-order valence-corrected chi connectivity index (χ3v) is 4.77. The van der Waals surface area contributed by atoms with Gasteiger partial charge in [0.15, 0.2) is 18.1 Å². The summed E-state index contributed by atoms with van der Waals surface area (Å²) in [5.74, 6) is -1.13. The van der Waals surface area contributed by atoms with Gasteiger partial charge in [-0.3, -0.25) is 19.8 Å². The molecule has 1 N–H and O–H groups in total. The number of allylic oxidation sites excluding steroid dienone is 1. The SMILES string of the molecule is C=CCc1cc(/C=C2\C(=O)NC(=O)N(Cc3ccco3)C2=O)cc(OCC)c1OCC(=O)OC. The zero-order valence-electron chi connectivity index (χ0n) is 18.8. The van der Waals surface area contributed by atoms with E-state index in [1.165, 1.54) is 19.4 Å². The quantitative estimate of drug-likeness (QED) is 0.244. The molecule has 1 fully saturated rings. The van der Waals surface area contributed by atoms with Crippen LogP contribution in [-0.2, 0) is 32.1 Å². The highest BCUT2D eigenvalue weighted by atomic mass is 16.6. The lowest BCUT2D eigenvalue weighted by molar-refractivity contribution is -0.143. The van der Waals surface area contributed by atoms with E-state index < -0.39 is 23.8 Å². The Morgan fingerprint density at radius 2 is 2.03 bits per heavy atom. The molecule has 0 aliphatic carbocycles. The van der Waals surface area contributed by atoms with E-state index in [4.69, 9.17) is 13.9 Å². The van der Waals surface area contributed by atoms with Crippen LogP contribution in [0.15, 0.2) is 53.2 Å². The van der Waals surface area contributed by atoms with Crippen LogP contribution in [0.25, 0.3) is 6.08 Å². The Hall–Kier alpha value is -4.34. The Balaban J connectivity index is 1.99. The number of hydrogen-bond acceptors (Lipinski definition) is 8. The van der Waals surface area contributed by atoms with Crippen molar-refractivity contribution < 1.29 is 37.8 Å². The lowest BCUT2D eigenvalue weighted by atomic mass is 10.0. The summed E-state index contributed by atoms with van der Waals surface area (Å²) in [6.45, 7) is 5.35. The highest BCUT2D eigenvalue weighted by molar-refractivity contribution is 6.30. The molecule has 1 saturated heterocycles. The smallest absolute Gasteiger partial charge is 0.343 e. The van der Waals surface area contributed by atoms with Crippen LogP contribution in [0.5, 0.6) is 11.5 Å². The molecule has 3 rings (SSSR count). The summed E-state index contributed by atoms with van der Waals surface area (Å²) in [5, 5.41) is 2.17. The molecular formula is C24H24N2O8. The monoisotopic (exact) mass is 468 g/mol. The van der Waals surface area contributed by atoms with Crippen molar-refractivity contribution in [1.82, 2.24) is 10.2 Å². The van der Waals surface area contributed by atoms with Gasteiger partial charge in [-0.15, -0.1) is 6.58 Å². The minimum absolute atomic E-state index is 0.130. The Bertz CT molecular complexity index is 1130. The summed E-state index contributed by atoms with van der Waals surface area (Å²) in [4.78, 5) is 50.1. The van der Waals surface area contributed by atoms with Gasteiger partial charge in [0.05, 0.1) is 26.5 Å². The van der Waals surface area contributed by atoms with Gasteiger partial charge in [-0.2, -0.15) is 0 Å². The van der Waals surface area contributed by atoms with Crippen molar-refractivity contribution in [2.45, 2.75) is 19.9 Å². The lowest BCUT2D eigenvalue weighted by Crippen LogP contribution is -2.53. The van der Waals surface area contributed by atoms with E-state index in [0.29, 0.717) is 41.4 Å². The maximum atomic E-state index is 13.0. The minimum Gasteiger partial charge on any atom is -0.490 e. The summed E-state index contributed by atoms with van der Waals surface area (Å²) >= 11 is 0. The van der Waals surface area contributed by atoms with E-state index >= 15 is 0 Å². The molecule has 10 nitrogen and oxygen atoms in total. The number of imide groups is 2. The maximum absolute atomic E-state index is 13.0. The first-order valence-electron chi connectivity index (χ1n) is 10.4. The van der Waals surface area contributed by atoms with Crippen molar-refractivity contribution in [2.75, 3.05) is 20.3 Å². The van der Waals surface area contributed by atoms with Gasteiger partial charge in [-0.25, -0.2) is 9.59 Å². The van der Waals surface area contributed by atoms with Crippen molar-refractivity contribution in [3.05, 3.63) is 65.6 Å². The van der Waals surface area contributed by atoms with E-state index in [-0.39, 0.29) is 18.7 Å². The molecule has 0 atom stereocenters. The highest BCUT2D eigenvalue weighted by Crippen LogP contribution is 2.35. The van der Waals surface area contributed by atoms with Crippen LogP contribution in [-0.4, -0.2) is 49.0 Å². The fraction of sp³-hybridized carbons (Fsp3) is 0.250. The third kappa shape index (κ3) is 5.52. The van der Waals surface area contributed by atoms with E-state index in [9.17, 15) is 19.2 Å². The number of esters is 1. The molecule has 34 heavy (non-hydrogen) atoms. The summed E-state index contributed by atoms with van der Waals surface area (Å²) in [6.07, 6.45) is 4.77. The third-order valence-electron chi connectivity index (χ3n) is 4.77. The zero-order valence-corrected chi connectivity index (χ0v) is 18.8. The molecule has 178 valence electrons. The molecule has 4 amide bonds. The molecule has 1 aliphatic rings. The van der Waals surface area contributed by atoms with Crippen molar-refractivity contribution >= 4 is 29.9 Å². The lowest BCUT2D eigenvalue weighted by Gasteiger charge is -2.25. The fourth-order valence-electron chi connectivity index (χ4n) is 3.25. The Morgan fingerprint density at radius 3 is 2.68 bits per heavy atom. The maximum Gasteiger partial charge on any atom is 0.343 e.